The summed E-state index contributed by atoms with van der Waals surface area (Å²) in [6.45, 7) is 6.38. The van der Waals surface area contributed by atoms with Crippen molar-refractivity contribution in [1.29, 1.82) is 0 Å². The number of likely N-dealkylation sites (tertiary alicyclic amines) is 1. The van der Waals surface area contributed by atoms with Crippen molar-refractivity contribution in [2.24, 2.45) is 0 Å². The number of hydrogen-bond donors (Lipinski definition) is 0. The van der Waals surface area contributed by atoms with Crippen LogP contribution in [0.2, 0.25) is 0 Å². The van der Waals surface area contributed by atoms with Gasteiger partial charge in [-0.25, -0.2) is 0 Å². The number of carbonyl (C=O) groups excluding carboxylic acids is 2. The Morgan fingerprint density at radius 3 is 2.49 bits per heavy atom. The second-order valence-corrected chi connectivity index (χ2v) is 11.3. The number of amides is 2. The summed E-state index contributed by atoms with van der Waals surface area (Å²) in [5.74, 6) is 1.16. The Bertz CT molecular complexity index is 1270. The molecule has 0 aliphatic carbocycles. The minimum Gasteiger partial charge on any atom is -0.493 e. The maximum atomic E-state index is 13.9. The van der Waals surface area contributed by atoms with Crippen LogP contribution in [-0.4, -0.2) is 79.5 Å². The Balaban J connectivity index is 1.34. The molecule has 5 rings (SSSR count). The van der Waals surface area contributed by atoms with Crippen molar-refractivity contribution in [2.45, 2.75) is 32.2 Å². The van der Waals surface area contributed by atoms with E-state index in [-0.39, 0.29) is 24.4 Å². The van der Waals surface area contributed by atoms with E-state index < -0.39 is 0 Å². The minimum absolute atomic E-state index is 0.0468. The Kier molecular flexibility index (Phi) is 8.84. The zero-order valence-electron chi connectivity index (χ0n) is 22.8. The van der Waals surface area contributed by atoms with E-state index in [4.69, 9.17) is 9.47 Å². The molecule has 1 fully saturated rings. The fourth-order valence-electron chi connectivity index (χ4n) is 5.43. The predicted octanol–water partition coefficient (Wildman–Crippen LogP) is 4.81. The molecule has 39 heavy (non-hydrogen) atoms. The summed E-state index contributed by atoms with van der Waals surface area (Å²) < 4.78 is 11.7. The summed E-state index contributed by atoms with van der Waals surface area (Å²) in [4.78, 5) is 34.8. The first kappa shape index (κ1) is 27.2. The number of hydrogen-bond acceptors (Lipinski definition) is 6. The number of rotatable bonds is 10. The Morgan fingerprint density at radius 2 is 1.74 bits per heavy atom. The van der Waals surface area contributed by atoms with E-state index in [1.807, 2.05) is 60.4 Å². The number of aryl methyl sites for hydroxylation is 1. The number of fused-ring (bicyclic) bond motifs is 1. The van der Waals surface area contributed by atoms with Crippen LogP contribution in [0.15, 0.2) is 60.0 Å². The maximum absolute atomic E-state index is 13.9. The Hall–Kier alpha value is -3.36. The lowest BCUT2D eigenvalue weighted by Gasteiger charge is -2.37. The van der Waals surface area contributed by atoms with Crippen molar-refractivity contribution in [3.05, 3.63) is 81.5 Å². The van der Waals surface area contributed by atoms with Gasteiger partial charge in [0, 0.05) is 30.1 Å². The summed E-state index contributed by atoms with van der Waals surface area (Å²) in [5, 5.41) is 2.08. The second-order valence-electron chi connectivity index (χ2n) is 10.3. The van der Waals surface area contributed by atoms with Gasteiger partial charge in [0.25, 0.3) is 5.91 Å². The van der Waals surface area contributed by atoms with E-state index in [0.717, 1.165) is 37.2 Å². The molecule has 206 valence electrons. The van der Waals surface area contributed by atoms with Crippen LogP contribution in [0.5, 0.6) is 11.5 Å². The molecule has 7 nitrogen and oxygen atoms in total. The van der Waals surface area contributed by atoms with Gasteiger partial charge in [-0.3, -0.25) is 9.59 Å². The van der Waals surface area contributed by atoms with Gasteiger partial charge in [0.15, 0.2) is 11.5 Å². The molecular weight excluding hydrogens is 510 g/mol. The third-order valence-corrected chi connectivity index (χ3v) is 8.67. The molecule has 8 heteroatoms. The van der Waals surface area contributed by atoms with Gasteiger partial charge in [0.1, 0.15) is 13.2 Å². The van der Waals surface area contributed by atoms with Gasteiger partial charge in [0.05, 0.1) is 13.2 Å². The van der Waals surface area contributed by atoms with Crippen molar-refractivity contribution < 1.29 is 19.1 Å². The summed E-state index contributed by atoms with van der Waals surface area (Å²) in [5.41, 5.74) is 2.84. The summed E-state index contributed by atoms with van der Waals surface area (Å²) in [7, 11) is 1.62. The first-order valence-corrected chi connectivity index (χ1v) is 14.6. The molecule has 2 amide bonds. The molecule has 1 unspecified atom stereocenters. The molecule has 0 bridgehead atoms. The quantitative estimate of drug-likeness (QED) is 0.365. The lowest BCUT2D eigenvalue weighted by Crippen LogP contribution is -2.49. The number of ether oxygens (including phenoxy) is 2. The largest absolute Gasteiger partial charge is 0.493 e. The van der Waals surface area contributed by atoms with Gasteiger partial charge in [-0.2, -0.15) is 0 Å². The molecule has 2 aromatic carbocycles. The number of thiophene rings is 1. The Labute approximate surface area is 234 Å². The lowest BCUT2D eigenvalue weighted by molar-refractivity contribution is -0.135. The zero-order valence-corrected chi connectivity index (χ0v) is 23.6. The van der Waals surface area contributed by atoms with Gasteiger partial charge < -0.3 is 24.2 Å². The SMILES string of the molecule is COc1ccccc1OCC1c2ccsc2CCN1C(=O)CN(CCN1CCCC1)C(=O)c1ccc(C)cc1. The lowest BCUT2D eigenvalue weighted by atomic mass is 10.0. The van der Waals surface area contributed by atoms with Crippen LogP contribution in [0.4, 0.5) is 0 Å². The zero-order chi connectivity index (χ0) is 27.2. The molecule has 1 saturated heterocycles. The van der Waals surface area contributed by atoms with Gasteiger partial charge in [0.2, 0.25) is 5.91 Å². The summed E-state index contributed by atoms with van der Waals surface area (Å²) >= 11 is 1.72. The minimum atomic E-state index is -0.229. The number of methoxy groups -OCH3 is 1. The summed E-state index contributed by atoms with van der Waals surface area (Å²) in [6, 6.07) is 17.0. The van der Waals surface area contributed by atoms with Gasteiger partial charge in [-0.15, -0.1) is 11.3 Å². The molecule has 3 heterocycles. The fourth-order valence-corrected chi connectivity index (χ4v) is 6.36. The molecule has 3 aromatic rings. The van der Waals surface area contributed by atoms with Crippen LogP contribution in [0, 0.1) is 6.92 Å². The van der Waals surface area contributed by atoms with Crippen LogP contribution < -0.4 is 9.47 Å². The van der Waals surface area contributed by atoms with Crippen molar-refractivity contribution in [3.8, 4) is 11.5 Å². The standard InChI is InChI=1S/C31H37N3O4S/c1-23-9-11-24(12-10-23)31(36)33(19-18-32-15-5-6-16-32)21-30(35)34-17-13-29-25(14-20-39-29)26(34)22-38-28-8-4-3-7-27(28)37-2/h3-4,7-12,14,20,26H,5-6,13,15-19,21-22H2,1-2H3. The highest BCUT2D eigenvalue weighted by Gasteiger charge is 2.34. The molecular formula is C31H37N3O4S. The highest BCUT2D eigenvalue weighted by atomic mass is 32.1. The van der Waals surface area contributed by atoms with E-state index in [0.29, 0.717) is 36.8 Å². The molecule has 2 aliphatic rings. The van der Waals surface area contributed by atoms with Gasteiger partial charge >= 0.3 is 0 Å². The number of para-hydroxylation sites is 2. The average Bonchev–Trinajstić information content (AvgIpc) is 3.66. The normalized spacial score (nSPS) is 17.1. The van der Waals surface area contributed by atoms with Crippen molar-refractivity contribution >= 4 is 23.2 Å². The molecule has 0 radical (unpaired) electrons. The van der Waals surface area contributed by atoms with Crippen molar-refractivity contribution in [2.75, 3.05) is 53.0 Å². The van der Waals surface area contributed by atoms with E-state index in [1.165, 1.54) is 17.7 Å². The van der Waals surface area contributed by atoms with Gasteiger partial charge in [-0.05, 0) is 80.6 Å². The van der Waals surface area contributed by atoms with Gasteiger partial charge in [-0.1, -0.05) is 29.8 Å². The van der Waals surface area contributed by atoms with E-state index in [9.17, 15) is 9.59 Å². The smallest absolute Gasteiger partial charge is 0.254 e. The highest BCUT2D eigenvalue weighted by molar-refractivity contribution is 7.10. The predicted molar refractivity (Wildman–Crippen MR) is 154 cm³/mol. The fraction of sp³-hybridized carbons (Fsp3) is 0.419. The van der Waals surface area contributed by atoms with Crippen LogP contribution in [0.3, 0.4) is 0 Å². The number of benzene rings is 2. The second kappa shape index (κ2) is 12.7. The molecule has 0 spiro atoms. The average molecular weight is 548 g/mol. The van der Waals surface area contributed by atoms with Crippen LogP contribution in [0.1, 0.15) is 45.2 Å². The highest BCUT2D eigenvalue weighted by Crippen LogP contribution is 2.35. The van der Waals surface area contributed by atoms with Crippen LogP contribution >= 0.6 is 11.3 Å². The molecule has 0 saturated carbocycles. The molecule has 1 atom stereocenters. The number of nitrogens with zero attached hydrogens (tertiary/aromatic N) is 3. The maximum Gasteiger partial charge on any atom is 0.254 e. The summed E-state index contributed by atoms with van der Waals surface area (Å²) in [6.07, 6.45) is 3.19. The number of carbonyl (C=O) groups is 2. The van der Waals surface area contributed by atoms with E-state index >= 15 is 0 Å². The topological polar surface area (TPSA) is 62.3 Å². The first-order valence-electron chi connectivity index (χ1n) is 13.7. The van der Waals surface area contributed by atoms with Crippen LogP contribution in [0.25, 0.3) is 0 Å². The monoisotopic (exact) mass is 547 g/mol. The van der Waals surface area contributed by atoms with Crippen molar-refractivity contribution in [3.63, 3.8) is 0 Å². The molecule has 2 aliphatic heterocycles. The third kappa shape index (κ3) is 6.45. The van der Waals surface area contributed by atoms with E-state index in [1.54, 1.807) is 23.3 Å². The van der Waals surface area contributed by atoms with Crippen molar-refractivity contribution in [1.82, 2.24) is 14.7 Å². The van der Waals surface area contributed by atoms with E-state index in [2.05, 4.69) is 16.3 Å². The third-order valence-electron chi connectivity index (χ3n) is 7.68. The molecule has 1 aromatic heterocycles. The van der Waals surface area contributed by atoms with Crippen LogP contribution in [-0.2, 0) is 11.2 Å². The first-order chi connectivity index (χ1) is 19.0. The molecule has 0 N–H and O–H groups in total. The Morgan fingerprint density at radius 1 is 1.00 bits per heavy atom.